The van der Waals surface area contributed by atoms with Gasteiger partial charge in [0, 0.05) is 9.77 Å². The molecule has 0 radical (unpaired) electrons. The molecule has 4 nitrogen and oxygen atoms in total. The van der Waals surface area contributed by atoms with Crippen molar-refractivity contribution in [2.45, 2.75) is 0 Å². The normalized spacial score (nSPS) is 9.90. The van der Waals surface area contributed by atoms with Crippen LogP contribution in [0.15, 0.2) is 42.7 Å². The molecule has 2 N–H and O–H groups in total. The van der Waals surface area contributed by atoms with Crippen molar-refractivity contribution >= 4 is 63.1 Å². The summed E-state index contributed by atoms with van der Waals surface area (Å²) >= 11 is 13.2. The number of thiocarbonyl (C=S) groups is 1. The second kappa shape index (κ2) is 6.96. The molecule has 0 saturated carbocycles. The van der Waals surface area contributed by atoms with Gasteiger partial charge in [-0.05, 0) is 65.1 Å². The maximum atomic E-state index is 12.1. The minimum absolute atomic E-state index is 0.193. The van der Waals surface area contributed by atoms with Gasteiger partial charge in [0.15, 0.2) is 5.11 Å². The predicted molar refractivity (Wildman–Crippen MR) is 92.1 cm³/mol. The van der Waals surface area contributed by atoms with Gasteiger partial charge in [-0.25, -0.2) is 0 Å². The molecule has 1 amide bonds. The van der Waals surface area contributed by atoms with Gasteiger partial charge in [0.25, 0.3) is 5.91 Å². The summed E-state index contributed by atoms with van der Waals surface area (Å²) in [7, 11) is 0. The predicted octanol–water partition coefficient (Wildman–Crippen LogP) is 3.47. The van der Waals surface area contributed by atoms with Crippen molar-refractivity contribution in [1.29, 1.82) is 0 Å². The maximum Gasteiger partial charge on any atom is 0.258 e. The number of halogens is 2. The third kappa shape index (κ3) is 4.12. The van der Waals surface area contributed by atoms with Crippen molar-refractivity contribution < 1.29 is 4.79 Å². The number of hydrogen-bond donors (Lipinski definition) is 2. The molecular weight excluding hydrogens is 409 g/mol. The number of aromatic nitrogens is 1. The van der Waals surface area contributed by atoms with Crippen LogP contribution in [0.1, 0.15) is 10.4 Å². The Kier molecular flexibility index (Phi) is 5.27. The fourth-order valence-corrected chi connectivity index (χ4v) is 2.35. The Balaban J connectivity index is 2.04. The molecule has 20 heavy (non-hydrogen) atoms. The van der Waals surface area contributed by atoms with Crippen LogP contribution in [0.25, 0.3) is 0 Å². The third-order valence-corrected chi connectivity index (χ3v) is 3.52. The van der Waals surface area contributed by atoms with E-state index in [0.717, 1.165) is 3.57 Å². The lowest BCUT2D eigenvalue weighted by Crippen LogP contribution is -2.34. The van der Waals surface area contributed by atoms with Crippen LogP contribution in [0, 0.1) is 3.57 Å². The van der Waals surface area contributed by atoms with Crippen LogP contribution < -0.4 is 10.6 Å². The summed E-state index contributed by atoms with van der Waals surface area (Å²) in [6.07, 6.45) is 3.26. The second-order valence-corrected chi connectivity index (χ2v) is 5.84. The lowest BCUT2D eigenvalue weighted by Gasteiger charge is -2.10. The summed E-state index contributed by atoms with van der Waals surface area (Å²) in [5.41, 5.74) is 1.08. The molecule has 0 aliphatic rings. The first-order valence-corrected chi connectivity index (χ1v) is 7.40. The second-order valence-electron chi connectivity index (χ2n) is 3.77. The van der Waals surface area contributed by atoms with E-state index in [1.807, 2.05) is 6.07 Å². The van der Waals surface area contributed by atoms with Crippen molar-refractivity contribution in [2.75, 3.05) is 5.32 Å². The van der Waals surface area contributed by atoms with Crippen LogP contribution in [0.4, 0.5) is 5.69 Å². The Hall–Kier alpha value is -1.25. The monoisotopic (exact) mass is 417 g/mol. The average Bonchev–Trinajstić information content (AvgIpc) is 2.42. The number of nitrogens with one attached hydrogen (secondary N) is 2. The zero-order valence-corrected chi connectivity index (χ0v) is 13.8. The minimum atomic E-state index is -0.352. The lowest BCUT2D eigenvalue weighted by molar-refractivity contribution is 0.0978. The van der Waals surface area contributed by atoms with E-state index in [2.05, 4.69) is 38.2 Å². The van der Waals surface area contributed by atoms with Gasteiger partial charge in [0.1, 0.15) is 0 Å². The van der Waals surface area contributed by atoms with E-state index >= 15 is 0 Å². The summed E-state index contributed by atoms with van der Waals surface area (Å²) in [6, 6.07) is 8.76. The van der Waals surface area contributed by atoms with E-state index in [-0.39, 0.29) is 11.0 Å². The number of benzene rings is 1. The number of nitrogens with zero attached hydrogens (tertiary/aromatic N) is 1. The fraction of sp³-hybridized carbons (Fsp3) is 0. The van der Waals surface area contributed by atoms with E-state index in [0.29, 0.717) is 16.3 Å². The maximum absolute atomic E-state index is 12.1. The fourth-order valence-electron chi connectivity index (χ4n) is 1.44. The molecule has 102 valence electrons. The van der Waals surface area contributed by atoms with Crippen LogP contribution in [-0.2, 0) is 0 Å². The quantitative estimate of drug-likeness (QED) is 0.580. The Morgan fingerprint density at radius 3 is 2.85 bits per heavy atom. The third-order valence-electron chi connectivity index (χ3n) is 2.32. The van der Waals surface area contributed by atoms with Crippen LogP contribution >= 0.6 is 46.4 Å². The zero-order valence-electron chi connectivity index (χ0n) is 10.1. The molecule has 1 heterocycles. The molecule has 0 fully saturated rings. The number of hydrogen-bond acceptors (Lipinski definition) is 3. The first-order valence-electron chi connectivity index (χ1n) is 5.53. The molecule has 0 atom stereocenters. The minimum Gasteiger partial charge on any atom is -0.331 e. The molecule has 0 saturated heterocycles. The van der Waals surface area contributed by atoms with Gasteiger partial charge in [-0.15, -0.1) is 0 Å². The topological polar surface area (TPSA) is 54.0 Å². The lowest BCUT2D eigenvalue weighted by atomic mass is 10.2. The van der Waals surface area contributed by atoms with Gasteiger partial charge < -0.3 is 5.32 Å². The van der Waals surface area contributed by atoms with Crippen LogP contribution in [0.3, 0.4) is 0 Å². The van der Waals surface area contributed by atoms with Gasteiger partial charge >= 0.3 is 0 Å². The highest BCUT2D eigenvalue weighted by atomic mass is 127. The molecule has 0 spiro atoms. The van der Waals surface area contributed by atoms with Crippen molar-refractivity contribution in [3.05, 3.63) is 56.9 Å². The summed E-state index contributed by atoms with van der Waals surface area (Å²) in [4.78, 5) is 16.0. The van der Waals surface area contributed by atoms with Gasteiger partial charge in [-0.2, -0.15) is 0 Å². The Morgan fingerprint density at radius 1 is 1.35 bits per heavy atom. The molecule has 1 aromatic carbocycles. The molecular formula is C13H9ClIN3OS. The largest absolute Gasteiger partial charge is 0.331 e. The van der Waals surface area contributed by atoms with Gasteiger partial charge in [0.2, 0.25) is 0 Å². The van der Waals surface area contributed by atoms with E-state index < -0.39 is 0 Å². The summed E-state index contributed by atoms with van der Waals surface area (Å²) in [5.74, 6) is -0.352. The number of amides is 1. The average molecular weight is 418 g/mol. The highest BCUT2D eigenvalue weighted by molar-refractivity contribution is 14.1. The van der Waals surface area contributed by atoms with Crippen molar-refractivity contribution in [2.24, 2.45) is 0 Å². The summed E-state index contributed by atoms with van der Waals surface area (Å²) in [5, 5.41) is 6.02. The van der Waals surface area contributed by atoms with Gasteiger partial charge in [0.05, 0.1) is 22.5 Å². The first kappa shape index (κ1) is 15.1. The van der Waals surface area contributed by atoms with Gasteiger partial charge in [-0.3, -0.25) is 15.1 Å². The molecule has 2 rings (SSSR count). The number of carbonyl (C=O) groups is 1. The Bertz CT molecular complexity index is 651. The molecule has 7 heteroatoms. The Labute approximate surface area is 140 Å². The van der Waals surface area contributed by atoms with E-state index in [1.54, 1.807) is 36.7 Å². The first-order chi connectivity index (χ1) is 9.56. The van der Waals surface area contributed by atoms with E-state index in [4.69, 9.17) is 23.8 Å². The summed E-state index contributed by atoms with van der Waals surface area (Å²) in [6.45, 7) is 0. The van der Waals surface area contributed by atoms with Crippen LogP contribution in [0.5, 0.6) is 0 Å². The number of pyridine rings is 1. The highest BCUT2D eigenvalue weighted by Gasteiger charge is 2.12. The Morgan fingerprint density at radius 2 is 2.15 bits per heavy atom. The molecule has 0 aliphatic heterocycles. The number of anilines is 1. The van der Waals surface area contributed by atoms with E-state index in [9.17, 15) is 4.79 Å². The van der Waals surface area contributed by atoms with E-state index in [1.165, 1.54) is 0 Å². The highest BCUT2D eigenvalue weighted by Crippen LogP contribution is 2.18. The number of carbonyl (C=O) groups excluding carboxylic acids is 1. The smallest absolute Gasteiger partial charge is 0.258 e. The zero-order chi connectivity index (χ0) is 14.5. The van der Waals surface area contributed by atoms with Gasteiger partial charge in [-0.1, -0.05) is 11.6 Å². The molecule has 1 aromatic heterocycles. The molecule has 2 aromatic rings. The number of rotatable bonds is 2. The molecule has 0 bridgehead atoms. The summed E-state index contributed by atoms with van der Waals surface area (Å²) < 4.78 is 0.920. The van der Waals surface area contributed by atoms with Crippen molar-refractivity contribution in [3.63, 3.8) is 0 Å². The van der Waals surface area contributed by atoms with Crippen LogP contribution in [-0.4, -0.2) is 16.0 Å². The van der Waals surface area contributed by atoms with Crippen molar-refractivity contribution in [1.82, 2.24) is 10.3 Å². The molecule has 0 aliphatic carbocycles. The standard InChI is InChI=1S/C13H9ClIN3OS/c14-11-4-3-8(15)6-10(11)12(19)18-13(20)17-9-2-1-5-16-7-9/h1-7H,(H2,17,18,19,20). The van der Waals surface area contributed by atoms with Crippen LogP contribution in [0.2, 0.25) is 5.02 Å². The SMILES string of the molecule is O=C(NC(=S)Nc1cccnc1)c1cc(I)ccc1Cl. The van der Waals surface area contributed by atoms with Crippen molar-refractivity contribution in [3.8, 4) is 0 Å². The molecule has 0 unspecified atom stereocenters.